The fourth-order valence-corrected chi connectivity index (χ4v) is 7.77. The fraction of sp³-hybridized carbons (Fsp3) is 0.739. The molecular weight excluding hydrogens is 372 g/mol. The molecule has 1 saturated heterocycles. The molecular formula is C23H29O6-. The zero-order valence-corrected chi connectivity index (χ0v) is 17.4. The summed E-state index contributed by atoms with van der Waals surface area (Å²) >= 11 is 0. The number of hydrogen-bond donors (Lipinski definition) is 1. The van der Waals surface area contributed by atoms with Gasteiger partial charge in [-0.25, -0.2) is 0 Å². The summed E-state index contributed by atoms with van der Waals surface area (Å²) in [6, 6.07) is 0. The number of ether oxygens (including phenoxy) is 2. The first kappa shape index (κ1) is 19.5. The Balaban J connectivity index is 1.59. The number of aliphatic hydroxyl groups is 1. The van der Waals surface area contributed by atoms with Gasteiger partial charge in [0.25, 0.3) is 0 Å². The normalized spacial score (nSPS) is 52.2. The van der Waals surface area contributed by atoms with Gasteiger partial charge in [-0.3, -0.25) is 4.79 Å². The highest BCUT2D eigenvalue weighted by atomic mass is 16.8. The fourth-order valence-electron chi connectivity index (χ4n) is 7.77. The second-order valence-corrected chi connectivity index (χ2v) is 10.6. The summed E-state index contributed by atoms with van der Waals surface area (Å²) in [4.78, 5) is 24.4. The Bertz CT molecular complexity index is 857. The van der Waals surface area contributed by atoms with E-state index in [9.17, 15) is 19.8 Å². The van der Waals surface area contributed by atoms with Crippen LogP contribution >= 0.6 is 0 Å². The van der Waals surface area contributed by atoms with E-state index < -0.39 is 35.0 Å². The van der Waals surface area contributed by atoms with E-state index in [0.717, 1.165) is 18.4 Å². The number of carbonyl (C=O) groups is 2. The number of fused-ring (bicyclic) bond motifs is 7. The molecule has 5 aliphatic rings. The minimum absolute atomic E-state index is 0.00129. The van der Waals surface area contributed by atoms with Gasteiger partial charge in [0.1, 0.15) is 5.60 Å². The van der Waals surface area contributed by atoms with Gasteiger partial charge in [-0.1, -0.05) is 25.5 Å². The number of hydrogen-bond acceptors (Lipinski definition) is 6. The highest BCUT2D eigenvalue weighted by Crippen LogP contribution is 2.70. The van der Waals surface area contributed by atoms with Crippen LogP contribution in [0.25, 0.3) is 0 Å². The third-order valence-corrected chi connectivity index (χ3v) is 8.79. The topological polar surface area (TPSA) is 95.9 Å². The Morgan fingerprint density at radius 3 is 2.69 bits per heavy atom. The quantitative estimate of drug-likeness (QED) is 0.716. The molecule has 0 bridgehead atoms. The maximum Gasteiger partial charge on any atom is 0.178 e. The minimum atomic E-state index is -1.55. The van der Waals surface area contributed by atoms with Gasteiger partial charge < -0.3 is 24.5 Å². The van der Waals surface area contributed by atoms with Crippen molar-refractivity contribution in [3.63, 3.8) is 0 Å². The highest BCUT2D eigenvalue weighted by molar-refractivity contribution is 6.01. The average molecular weight is 401 g/mol. The summed E-state index contributed by atoms with van der Waals surface area (Å²) < 4.78 is 12.2. The van der Waals surface area contributed by atoms with Gasteiger partial charge in [-0.15, -0.1) is 0 Å². The summed E-state index contributed by atoms with van der Waals surface area (Å²) in [7, 11) is 0. The van der Waals surface area contributed by atoms with Crippen LogP contribution in [0.2, 0.25) is 0 Å². The van der Waals surface area contributed by atoms with Crippen molar-refractivity contribution in [1.82, 2.24) is 0 Å². The molecule has 29 heavy (non-hydrogen) atoms. The maximum absolute atomic E-state index is 12.5. The third-order valence-electron chi connectivity index (χ3n) is 8.79. The number of aliphatic hydroxyl groups excluding tert-OH is 1. The molecule has 0 aromatic heterocycles. The van der Waals surface area contributed by atoms with Crippen molar-refractivity contribution in [3.8, 4) is 0 Å². The zero-order valence-electron chi connectivity index (χ0n) is 17.4. The van der Waals surface area contributed by atoms with E-state index in [1.165, 1.54) is 0 Å². The summed E-state index contributed by atoms with van der Waals surface area (Å²) in [6.07, 6.45) is 6.49. The van der Waals surface area contributed by atoms with Crippen LogP contribution < -0.4 is 5.11 Å². The number of aliphatic carboxylic acids is 1. The second kappa shape index (κ2) is 5.59. The van der Waals surface area contributed by atoms with E-state index in [1.54, 1.807) is 26.0 Å². The monoisotopic (exact) mass is 401 g/mol. The highest BCUT2D eigenvalue weighted by Gasteiger charge is 2.75. The van der Waals surface area contributed by atoms with Gasteiger partial charge in [0, 0.05) is 16.7 Å². The van der Waals surface area contributed by atoms with Crippen LogP contribution in [0.4, 0.5) is 0 Å². The molecule has 0 amide bonds. The predicted octanol–water partition coefficient (Wildman–Crippen LogP) is 1.52. The van der Waals surface area contributed by atoms with Gasteiger partial charge in [0.15, 0.2) is 11.6 Å². The number of rotatable bonds is 1. The van der Waals surface area contributed by atoms with Crippen LogP contribution in [0, 0.1) is 28.6 Å². The van der Waals surface area contributed by atoms with Gasteiger partial charge >= 0.3 is 0 Å². The number of carbonyl (C=O) groups excluding carboxylic acids is 2. The van der Waals surface area contributed by atoms with Crippen LogP contribution in [0.5, 0.6) is 0 Å². The Hall–Kier alpha value is -1.50. The molecule has 0 spiro atoms. The van der Waals surface area contributed by atoms with Crippen LogP contribution in [0.1, 0.15) is 53.4 Å². The van der Waals surface area contributed by atoms with E-state index >= 15 is 0 Å². The Morgan fingerprint density at radius 1 is 1.28 bits per heavy atom. The standard InChI is InChI=1S/C23H30O6/c1-20(2)28-17-10-15-14-6-5-12-9-13(24)7-8-21(12,3)18(14)16(25)11-22(15,4)23(17,29-20)19(26)27/h7-9,14-18,25H,5-6,10-11H2,1-4H3,(H,26,27)/p-1/t14-,15-,16-,17-,18-,21+,22+,23+/m0/s1. The first-order valence-corrected chi connectivity index (χ1v) is 10.7. The Kier molecular flexibility index (Phi) is 3.75. The van der Waals surface area contributed by atoms with Gasteiger partial charge in [-0.05, 0) is 63.5 Å². The summed E-state index contributed by atoms with van der Waals surface area (Å²) in [5.41, 5.74) is -1.64. The van der Waals surface area contributed by atoms with Gasteiger partial charge in [0.05, 0.1) is 18.2 Å². The molecule has 6 nitrogen and oxygen atoms in total. The van der Waals surface area contributed by atoms with Crippen molar-refractivity contribution in [1.29, 1.82) is 0 Å². The SMILES string of the molecule is CC1(C)O[C@H]2C[C@H]3[C@@H]4CCC5=CC(=O)C=C[C@@]5(C)[C@@H]4[C@@H](O)C[C@@]3(C)[C@@]2(C(=O)[O-])O1. The maximum atomic E-state index is 12.5. The molecule has 158 valence electrons. The first-order valence-electron chi connectivity index (χ1n) is 10.7. The van der Waals surface area contributed by atoms with E-state index in [-0.39, 0.29) is 29.0 Å². The van der Waals surface area contributed by atoms with E-state index in [4.69, 9.17) is 9.47 Å². The predicted molar refractivity (Wildman–Crippen MR) is 101 cm³/mol. The first-order chi connectivity index (χ1) is 13.4. The molecule has 5 rings (SSSR count). The van der Waals surface area contributed by atoms with Crippen molar-refractivity contribution in [3.05, 3.63) is 23.8 Å². The molecule has 0 radical (unpaired) electrons. The van der Waals surface area contributed by atoms with Crippen molar-refractivity contribution in [2.45, 2.75) is 77.0 Å². The average Bonchev–Trinajstić information content (AvgIpc) is 3.02. The minimum Gasteiger partial charge on any atom is -0.547 e. The molecule has 8 atom stereocenters. The van der Waals surface area contributed by atoms with Crippen molar-refractivity contribution in [2.75, 3.05) is 0 Å². The lowest BCUT2D eigenvalue weighted by molar-refractivity contribution is -0.341. The molecule has 1 N–H and O–H groups in total. The van der Waals surface area contributed by atoms with Crippen LogP contribution in [0.3, 0.4) is 0 Å². The molecule has 3 saturated carbocycles. The largest absolute Gasteiger partial charge is 0.547 e. The van der Waals surface area contributed by atoms with Gasteiger partial charge in [0.2, 0.25) is 0 Å². The van der Waals surface area contributed by atoms with Crippen molar-refractivity contribution >= 4 is 11.8 Å². The second-order valence-electron chi connectivity index (χ2n) is 10.6. The zero-order chi connectivity index (χ0) is 21.0. The smallest absolute Gasteiger partial charge is 0.178 e. The van der Waals surface area contributed by atoms with E-state index in [0.29, 0.717) is 12.8 Å². The lowest BCUT2D eigenvalue weighted by Crippen LogP contribution is -2.66. The van der Waals surface area contributed by atoms with Gasteiger partial charge in [-0.2, -0.15) is 0 Å². The Labute approximate surface area is 170 Å². The number of carboxylic acid groups (broad SMARTS) is 1. The summed E-state index contributed by atoms with van der Waals surface area (Å²) in [5.74, 6) is -2.13. The van der Waals surface area contributed by atoms with Crippen LogP contribution in [-0.4, -0.2) is 40.5 Å². The molecule has 4 fully saturated rings. The Morgan fingerprint density at radius 2 is 2.00 bits per heavy atom. The van der Waals surface area contributed by atoms with Crippen molar-refractivity contribution < 1.29 is 29.3 Å². The molecule has 0 aromatic carbocycles. The summed E-state index contributed by atoms with van der Waals surface area (Å²) in [5, 5.41) is 23.9. The summed E-state index contributed by atoms with van der Waals surface area (Å²) in [6.45, 7) is 7.51. The van der Waals surface area contributed by atoms with E-state index in [2.05, 4.69) is 6.92 Å². The molecule has 1 heterocycles. The molecule has 0 unspecified atom stereocenters. The lowest BCUT2D eigenvalue weighted by atomic mass is 9.46. The molecule has 0 aromatic rings. The number of carboxylic acids is 1. The molecule has 4 aliphatic carbocycles. The van der Waals surface area contributed by atoms with E-state index in [1.807, 2.05) is 13.0 Å². The van der Waals surface area contributed by atoms with Crippen molar-refractivity contribution in [2.24, 2.45) is 28.6 Å². The van der Waals surface area contributed by atoms with Crippen LogP contribution in [-0.2, 0) is 19.1 Å². The molecule has 1 aliphatic heterocycles. The number of allylic oxidation sites excluding steroid dienone is 4. The third kappa shape index (κ3) is 2.23. The van der Waals surface area contributed by atoms with Crippen LogP contribution in [0.15, 0.2) is 23.8 Å². The number of ketones is 1. The lowest BCUT2D eigenvalue weighted by Gasteiger charge is -2.60. The molecule has 6 heteroatoms.